The van der Waals surface area contributed by atoms with Gasteiger partial charge in [0, 0.05) is 6.20 Å². The van der Waals surface area contributed by atoms with Gasteiger partial charge in [0.25, 0.3) is 0 Å². The van der Waals surface area contributed by atoms with E-state index >= 15 is 0 Å². The van der Waals surface area contributed by atoms with Crippen LogP contribution in [0.3, 0.4) is 0 Å². The van der Waals surface area contributed by atoms with Crippen LogP contribution in [0.25, 0.3) is 12.2 Å². The molecule has 2 aromatic rings. The van der Waals surface area contributed by atoms with Crippen LogP contribution in [0, 0.1) is 0 Å². The summed E-state index contributed by atoms with van der Waals surface area (Å²) < 4.78 is 37.1. The molecule has 0 amide bonds. The molecule has 0 aliphatic heterocycles. The Balaban J connectivity index is 2.16. The molecule has 2 rings (SSSR count). The highest BCUT2D eigenvalue weighted by Gasteiger charge is 2.29. The van der Waals surface area contributed by atoms with Crippen molar-refractivity contribution in [2.45, 2.75) is 6.18 Å². The van der Waals surface area contributed by atoms with Gasteiger partial charge < -0.3 is 5.73 Å². The number of nitrogens with zero attached hydrogens (tertiary/aromatic N) is 2. The van der Waals surface area contributed by atoms with E-state index in [-0.39, 0.29) is 0 Å². The quantitative estimate of drug-likeness (QED) is 0.906. The highest BCUT2D eigenvalue weighted by atomic mass is 19.4. The first-order valence-corrected chi connectivity index (χ1v) is 5.39. The molecule has 2 N–H and O–H groups in total. The molecule has 0 saturated heterocycles. The van der Waals surface area contributed by atoms with Gasteiger partial charge in [0.05, 0.1) is 5.56 Å². The average molecular weight is 265 g/mol. The lowest BCUT2D eigenvalue weighted by Crippen LogP contribution is -2.03. The summed E-state index contributed by atoms with van der Waals surface area (Å²) in [5.74, 6) is 0.738. The Morgan fingerprint density at radius 1 is 1.00 bits per heavy atom. The average Bonchev–Trinajstić information content (AvgIpc) is 2.36. The molecule has 19 heavy (non-hydrogen) atoms. The molecule has 0 fully saturated rings. The fourth-order valence-electron chi connectivity index (χ4n) is 1.42. The van der Waals surface area contributed by atoms with Gasteiger partial charge in [-0.05, 0) is 29.8 Å². The molecule has 0 saturated carbocycles. The summed E-state index contributed by atoms with van der Waals surface area (Å²) in [6.45, 7) is 0. The van der Waals surface area contributed by atoms with Crippen LogP contribution in [0.4, 0.5) is 19.0 Å². The van der Waals surface area contributed by atoms with E-state index in [1.165, 1.54) is 18.3 Å². The zero-order valence-corrected chi connectivity index (χ0v) is 9.72. The highest BCUT2D eigenvalue weighted by Crippen LogP contribution is 2.29. The van der Waals surface area contributed by atoms with E-state index in [1.807, 2.05) is 0 Å². The van der Waals surface area contributed by atoms with E-state index < -0.39 is 11.7 Å². The molecule has 1 heterocycles. The van der Waals surface area contributed by atoms with E-state index in [4.69, 9.17) is 5.73 Å². The number of nitrogens with two attached hydrogens (primary N) is 1. The second kappa shape index (κ2) is 5.09. The van der Waals surface area contributed by atoms with Crippen LogP contribution in [0.5, 0.6) is 0 Å². The van der Waals surface area contributed by atoms with Gasteiger partial charge in [0.15, 0.2) is 5.82 Å². The number of hydrogen-bond acceptors (Lipinski definition) is 3. The van der Waals surface area contributed by atoms with Gasteiger partial charge >= 0.3 is 6.18 Å². The van der Waals surface area contributed by atoms with Crippen molar-refractivity contribution in [2.75, 3.05) is 5.73 Å². The lowest BCUT2D eigenvalue weighted by atomic mass is 10.1. The van der Waals surface area contributed by atoms with E-state index in [0.29, 0.717) is 17.2 Å². The van der Waals surface area contributed by atoms with Crippen molar-refractivity contribution in [1.82, 2.24) is 9.97 Å². The van der Waals surface area contributed by atoms with E-state index in [1.54, 1.807) is 18.2 Å². The first kappa shape index (κ1) is 13.1. The van der Waals surface area contributed by atoms with Crippen LogP contribution in [0.1, 0.15) is 17.0 Å². The molecule has 1 aromatic heterocycles. The standard InChI is InChI=1S/C13H10F3N3/c14-13(15,16)10-4-1-9(2-5-10)3-6-12-18-8-7-11(17)19-12/h1-8H,(H2,17,18,19). The topological polar surface area (TPSA) is 51.8 Å². The van der Waals surface area contributed by atoms with Crippen molar-refractivity contribution >= 4 is 18.0 Å². The molecule has 1 aromatic carbocycles. The molecule has 0 aliphatic rings. The van der Waals surface area contributed by atoms with Crippen LogP contribution in [-0.2, 0) is 6.18 Å². The van der Waals surface area contributed by atoms with Crippen molar-refractivity contribution < 1.29 is 13.2 Å². The minimum Gasteiger partial charge on any atom is -0.384 e. The maximum atomic E-state index is 12.4. The van der Waals surface area contributed by atoms with Gasteiger partial charge in [-0.2, -0.15) is 13.2 Å². The van der Waals surface area contributed by atoms with Crippen molar-refractivity contribution in [3.63, 3.8) is 0 Å². The predicted molar refractivity (Wildman–Crippen MR) is 66.8 cm³/mol. The van der Waals surface area contributed by atoms with Crippen molar-refractivity contribution in [1.29, 1.82) is 0 Å². The maximum Gasteiger partial charge on any atom is 0.416 e. The summed E-state index contributed by atoms with van der Waals surface area (Å²) in [6, 6.07) is 6.37. The normalized spacial score (nSPS) is 11.9. The Bertz CT molecular complexity index is 589. The van der Waals surface area contributed by atoms with Gasteiger partial charge in [0.2, 0.25) is 0 Å². The maximum absolute atomic E-state index is 12.4. The second-order valence-corrected chi connectivity index (χ2v) is 3.79. The molecular weight excluding hydrogens is 255 g/mol. The Kier molecular flexibility index (Phi) is 3.50. The zero-order valence-electron chi connectivity index (χ0n) is 9.72. The third-order valence-corrected chi connectivity index (χ3v) is 2.36. The minimum absolute atomic E-state index is 0.335. The Hall–Kier alpha value is -2.37. The van der Waals surface area contributed by atoms with Crippen molar-refractivity contribution in [2.24, 2.45) is 0 Å². The fraction of sp³-hybridized carbons (Fsp3) is 0.0769. The molecule has 98 valence electrons. The number of benzene rings is 1. The minimum atomic E-state index is -4.32. The summed E-state index contributed by atoms with van der Waals surface area (Å²) in [7, 11) is 0. The van der Waals surface area contributed by atoms with Crippen LogP contribution in [-0.4, -0.2) is 9.97 Å². The third-order valence-electron chi connectivity index (χ3n) is 2.36. The summed E-state index contributed by atoms with van der Waals surface area (Å²) in [4.78, 5) is 7.90. The first-order valence-electron chi connectivity index (χ1n) is 5.39. The molecule has 0 spiro atoms. The van der Waals surface area contributed by atoms with Crippen LogP contribution in [0.15, 0.2) is 36.5 Å². The van der Waals surface area contributed by atoms with Gasteiger partial charge in [-0.3, -0.25) is 0 Å². The van der Waals surface area contributed by atoms with E-state index in [9.17, 15) is 13.2 Å². The smallest absolute Gasteiger partial charge is 0.384 e. The lowest BCUT2D eigenvalue weighted by molar-refractivity contribution is -0.137. The summed E-state index contributed by atoms with van der Waals surface area (Å²) in [6.07, 6.45) is 0.391. The molecule has 3 nitrogen and oxygen atoms in total. The van der Waals surface area contributed by atoms with Gasteiger partial charge in [0.1, 0.15) is 5.82 Å². The van der Waals surface area contributed by atoms with Gasteiger partial charge in [-0.15, -0.1) is 0 Å². The number of hydrogen-bond donors (Lipinski definition) is 1. The SMILES string of the molecule is Nc1ccnc(C=Cc2ccc(C(F)(F)F)cc2)n1. The fourth-order valence-corrected chi connectivity index (χ4v) is 1.42. The van der Waals surface area contributed by atoms with Crippen molar-refractivity contribution in [3.8, 4) is 0 Å². The first-order chi connectivity index (χ1) is 8.95. The summed E-state index contributed by atoms with van der Waals surface area (Å²) >= 11 is 0. The van der Waals surface area contributed by atoms with E-state index in [2.05, 4.69) is 9.97 Å². The Labute approximate surface area is 107 Å². The van der Waals surface area contributed by atoms with Crippen LogP contribution >= 0.6 is 0 Å². The molecule has 0 aliphatic carbocycles. The summed E-state index contributed by atoms with van der Waals surface area (Å²) in [5.41, 5.74) is 5.43. The van der Waals surface area contributed by atoms with Crippen molar-refractivity contribution in [3.05, 3.63) is 53.5 Å². The molecule has 0 bridgehead atoms. The molecule has 0 unspecified atom stereocenters. The van der Waals surface area contributed by atoms with Crippen LogP contribution in [0.2, 0.25) is 0 Å². The number of nitrogen functional groups attached to an aromatic ring is 1. The number of alkyl halides is 3. The third kappa shape index (κ3) is 3.54. The number of anilines is 1. The zero-order chi connectivity index (χ0) is 13.9. The Morgan fingerprint density at radius 2 is 1.68 bits per heavy atom. The molecule has 6 heteroatoms. The lowest BCUT2D eigenvalue weighted by Gasteiger charge is -2.05. The molecule has 0 atom stereocenters. The summed E-state index contributed by atoms with van der Waals surface area (Å²) in [5, 5.41) is 0. The second-order valence-electron chi connectivity index (χ2n) is 3.79. The molecule has 0 radical (unpaired) electrons. The Morgan fingerprint density at radius 3 is 2.26 bits per heavy atom. The molecular formula is C13H10F3N3. The number of halogens is 3. The van der Waals surface area contributed by atoms with Gasteiger partial charge in [-0.1, -0.05) is 18.2 Å². The van der Waals surface area contributed by atoms with Crippen LogP contribution < -0.4 is 5.73 Å². The van der Waals surface area contributed by atoms with Gasteiger partial charge in [-0.25, -0.2) is 9.97 Å². The monoisotopic (exact) mass is 265 g/mol. The highest BCUT2D eigenvalue weighted by molar-refractivity contribution is 5.67. The largest absolute Gasteiger partial charge is 0.416 e. The number of rotatable bonds is 2. The number of aromatic nitrogens is 2. The van der Waals surface area contributed by atoms with E-state index in [0.717, 1.165) is 12.1 Å². The predicted octanol–water partition coefficient (Wildman–Crippen LogP) is 3.25.